The summed E-state index contributed by atoms with van der Waals surface area (Å²) in [6, 6.07) is 5.13. The van der Waals surface area contributed by atoms with Crippen molar-refractivity contribution in [3.05, 3.63) is 29.6 Å². The predicted molar refractivity (Wildman–Crippen MR) is 76.0 cm³/mol. The van der Waals surface area contributed by atoms with Gasteiger partial charge < -0.3 is 14.9 Å². The molecule has 0 radical (unpaired) electrons. The quantitative estimate of drug-likeness (QED) is 0.910. The molecule has 0 amide bonds. The first-order chi connectivity index (χ1) is 8.99. The number of piperidine rings is 1. The first-order valence-corrected chi connectivity index (χ1v) is 6.88. The van der Waals surface area contributed by atoms with E-state index in [4.69, 9.17) is 0 Å². The minimum Gasteiger partial charge on any atom is -0.389 e. The standard InChI is InChI=1S/C15H23FN2O/c1-11(19)14-10-12(16)4-5-15(14)18(3)13-6-8-17(2)9-7-13/h4-5,10-11,13,19H,6-9H2,1-3H3/t11-/m0/s1. The highest BCUT2D eigenvalue weighted by atomic mass is 19.1. The highest BCUT2D eigenvalue weighted by molar-refractivity contribution is 5.55. The maximum absolute atomic E-state index is 13.3. The highest BCUT2D eigenvalue weighted by Crippen LogP contribution is 2.30. The number of anilines is 1. The van der Waals surface area contributed by atoms with Gasteiger partial charge in [-0.15, -0.1) is 0 Å². The molecule has 0 aliphatic carbocycles. The molecule has 0 unspecified atom stereocenters. The molecule has 1 aromatic rings. The largest absolute Gasteiger partial charge is 0.389 e. The van der Waals surface area contributed by atoms with Crippen LogP contribution in [0, 0.1) is 5.82 Å². The van der Waals surface area contributed by atoms with Crippen molar-refractivity contribution in [1.82, 2.24) is 4.90 Å². The van der Waals surface area contributed by atoms with E-state index in [0.29, 0.717) is 11.6 Å². The summed E-state index contributed by atoms with van der Waals surface area (Å²) in [7, 11) is 4.17. The van der Waals surface area contributed by atoms with E-state index in [-0.39, 0.29) is 5.82 Å². The smallest absolute Gasteiger partial charge is 0.123 e. The molecule has 4 heteroatoms. The molecule has 1 aliphatic rings. The topological polar surface area (TPSA) is 26.7 Å². The van der Waals surface area contributed by atoms with Crippen LogP contribution in [0.25, 0.3) is 0 Å². The number of nitrogens with zero attached hydrogens (tertiary/aromatic N) is 2. The van der Waals surface area contributed by atoms with E-state index < -0.39 is 6.10 Å². The van der Waals surface area contributed by atoms with Gasteiger partial charge in [-0.05, 0) is 58.1 Å². The first-order valence-electron chi connectivity index (χ1n) is 6.88. The van der Waals surface area contributed by atoms with Crippen molar-refractivity contribution in [2.75, 3.05) is 32.1 Å². The Morgan fingerprint density at radius 1 is 1.37 bits per heavy atom. The fourth-order valence-electron chi connectivity index (χ4n) is 2.76. The molecule has 0 spiro atoms. The SMILES string of the molecule is C[C@H](O)c1cc(F)ccc1N(C)C1CCN(C)CC1. The lowest BCUT2D eigenvalue weighted by Gasteiger charge is -2.37. The molecule has 1 N–H and O–H groups in total. The maximum atomic E-state index is 13.3. The van der Waals surface area contributed by atoms with Crippen molar-refractivity contribution in [3.63, 3.8) is 0 Å². The van der Waals surface area contributed by atoms with Gasteiger partial charge in [0.2, 0.25) is 0 Å². The molecule has 1 saturated heterocycles. The minimum atomic E-state index is -0.653. The summed E-state index contributed by atoms with van der Waals surface area (Å²) in [5.74, 6) is -0.295. The molecule has 2 rings (SSSR count). The summed E-state index contributed by atoms with van der Waals surface area (Å²) < 4.78 is 13.3. The average Bonchev–Trinajstić information content (AvgIpc) is 2.38. The third-order valence-electron chi connectivity index (χ3n) is 4.06. The monoisotopic (exact) mass is 266 g/mol. The Morgan fingerprint density at radius 2 is 2.00 bits per heavy atom. The van der Waals surface area contributed by atoms with Crippen LogP contribution < -0.4 is 4.90 Å². The zero-order valence-corrected chi connectivity index (χ0v) is 11.9. The van der Waals surface area contributed by atoms with E-state index in [1.165, 1.54) is 12.1 Å². The van der Waals surface area contributed by atoms with Crippen LogP contribution in [0.3, 0.4) is 0 Å². The average molecular weight is 266 g/mol. The van der Waals surface area contributed by atoms with Crippen molar-refractivity contribution in [2.45, 2.75) is 31.9 Å². The summed E-state index contributed by atoms with van der Waals surface area (Å²) in [5, 5.41) is 9.82. The van der Waals surface area contributed by atoms with Gasteiger partial charge in [0.15, 0.2) is 0 Å². The number of rotatable bonds is 3. The summed E-state index contributed by atoms with van der Waals surface area (Å²) in [5.41, 5.74) is 1.60. The van der Waals surface area contributed by atoms with Gasteiger partial charge in [0.1, 0.15) is 5.82 Å². The Balaban J connectivity index is 2.21. The summed E-state index contributed by atoms with van der Waals surface area (Å²) >= 11 is 0. The second kappa shape index (κ2) is 5.88. The number of hydrogen-bond donors (Lipinski definition) is 1. The van der Waals surface area contributed by atoms with Gasteiger partial charge in [0.05, 0.1) is 6.10 Å². The molecule has 1 aromatic carbocycles. The van der Waals surface area contributed by atoms with E-state index in [2.05, 4.69) is 16.8 Å². The number of halogens is 1. The molecule has 19 heavy (non-hydrogen) atoms. The number of aliphatic hydroxyl groups excluding tert-OH is 1. The Bertz CT molecular complexity index is 428. The van der Waals surface area contributed by atoms with E-state index in [1.54, 1.807) is 13.0 Å². The Kier molecular flexibility index (Phi) is 4.42. The third kappa shape index (κ3) is 3.25. The number of likely N-dealkylation sites (tertiary alicyclic amines) is 1. The van der Waals surface area contributed by atoms with E-state index in [1.807, 2.05) is 7.05 Å². The van der Waals surface area contributed by atoms with Gasteiger partial charge in [-0.2, -0.15) is 0 Å². The number of aliphatic hydroxyl groups is 1. The van der Waals surface area contributed by atoms with Crippen LogP contribution in [-0.2, 0) is 0 Å². The second-order valence-electron chi connectivity index (χ2n) is 5.52. The lowest BCUT2D eigenvalue weighted by molar-refractivity contribution is 0.198. The number of hydrogen-bond acceptors (Lipinski definition) is 3. The maximum Gasteiger partial charge on any atom is 0.123 e. The van der Waals surface area contributed by atoms with Gasteiger partial charge in [-0.25, -0.2) is 4.39 Å². The van der Waals surface area contributed by atoms with E-state index in [0.717, 1.165) is 31.6 Å². The molecular formula is C15H23FN2O. The lowest BCUT2D eigenvalue weighted by Crippen LogP contribution is -2.42. The van der Waals surface area contributed by atoms with Gasteiger partial charge in [0.25, 0.3) is 0 Å². The van der Waals surface area contributed by atoms with E-state index >= 15 is 0 Å². The Labute approximate surface area is 114 Å². The first kappa shape index (κ1) is 14.3. The van der Waals surface area contributed by atoms with Crippen molar-refractivity contribution in [1.29, 1.82) is 0 Å². The van der Waals surface area contributed by atoms with Crippen LogP contribution in [0.2, 0.25) is 0 Å². The van der Waals surface area contributed by atoms with Crippen molar-refractivity contribution in [3.8, 4) is 0 Å². The molecule has 1 aliphatic heterocycles. The predicted octanol–water partition coefficient (Wildman–Crippen LogP) is 2.41. The van der Waals surface area contributed by atoms with Crippen LogP contribution >= 0.6 is 0 Å². The van der Waals surface area contributed by atoms with Crippen molar-refractivity contribution < 1.29 is 9.50 Å². The van der Waals surface area contributed by atoms with Crippen LogP contribution in [0.15, 0.2) is 18.2 Å². The summed E-state index contributed by atoms with van der Waals surface area (Å²) in [6.07, 6.45) is 1.55. The molecule has 0 bridgehead atoms. The normalized spacial score (nSPS) is 19.4. The van der Waals surface area contributed by atoms with Crippen molar-refractivity contribution >= 4 is 5.69 Å². The Hall–Kier alpha value is -1.13. The summed E-state index contributed by atoms with van der Waals surface area (Å²) in [4.78, 5) is 4.51. The van der Waals surface area contributed by atoms with Gasteiger partial charge >= 0.3 is 0 Å². The molecule has 1 heterocycles. The zero-order valence-electron chi connectivity index (χ0n) is 11.9. The van der Waals surface area contributed by atoms with Gasteiger partial charge in [-0.3, -0.25) is 0 Å². The fraction of sp³-hybridized carbons (Fsp3) is 0.600. The van der Waals surface area contributed by atoms with Gasteiger partial charge in [-0.1, -0.05) is 0 Å². The van der Waals surface area contributed by atoms with E-state index in [9.17, 15) is 9.50 Å². The molecule has 3 nitrogen and oxygen atoms in total. The third-order valence-corrected chi connectivity index (χ3v) is 4.06. The Morgan fingerprint density at radius 3 is 2.58 bits per heavy atom. The molecular weight excluding hydrogens is 243 g/mol. The van der Waals surface area contributed by atoms with Crippen LogP contribution in [-0.4, -0.2) is 43.2 Å². The minimum absolute atomic E-state index is 0.295. The molecule has 106 valence electrons. The van der Waals surface area contributed by atoms with Crippen LogP contribution in [0.4, 0.5) is 10.1 Å². The molecule has 1 atom stereocenters. The number of benzene rings is 1. The fourth-order valence-corrected chi connectivity index (χ4v) is 2.76. The van der Waals surface area contributed by atoms with Crippen LogP contribution in [0.1, 0.15) is 31.4 Å². The molecule has 0 aromatic heterocycles. The second-order valence-corrected chi connectivity index (χ2v) is 5.52. The highest BCUT2D eigenvalue weighted by Gasteiger charge is 2.23. The molecule has 0 saturated carbocycles. The molecule has 1 fully saturated rings. The lowest BCUT2D eigenvalue weighted by atomic mass is 10.0. The zero-order chi connectivity index (χ0) is 14.0. The summed E-state index contributed by atoms with van der Waals surface area (Å²) in [6.45, 7) is 3.85. The van der Waals surface area contributed by atoms with Crippen LogP contribution in [0.5, 0.6) is 0 Å². The van der Waals surface area contributed by atoms with Crippen molar-refractivity contribution in [2.24, 2.45) is 0 Å². The van der Waals surface area contributed by atoms with Gasteiger partial charge in [0, 0.05) is 24.3 Å².